The molecule has 124 valence electrons. The summed E-state index contributed by atoms with van der Waals surface area (Å²) in [6.07, 6.45) is 0.591. The molecular formula is C17H21NO5. The molecule has 2 aliphatic rings. The quantitative estimate of drug-likeness (QED) is 0.793. The highest BCUT2D eigenvalue weighted by Crippen LogP contribution is 2.52. The number of aliphatic hydroxyl groups excluding tert-OH is 2. The highest BCUT2D eigenvalue weighted by Gasteiger charge is 2.66. The molecule has 2 bridgehead atoms. The van der Waals surface area contributed by atoms with Crippen LogP contribution in [0, 0.1) is 5.92 Å². The Morgan fingerprint density at radius 1 is 1.39 bits per heavy atom. The van der Waals surface area contributed by atoms with Crippen molar-refractivity contribution in [2.24, 2.45) is 5.92 Å². The van der Waals surface area contributed by atoms with Crippen LogP contribution in [-0.4, -0.2) is 58.4 Å². The second-order valence-corrected chi connectivity index (χ2v) is 6.24. The molecule has 6 heteroatoms. The zero-order valence-electron chi connectivity index (χ0n) is 13.0. The summed E-state index contributed by atoms with van der Waals surface area (Å²) >= 11 is 0. The third kappa shape index (κ3) is 2.24. The minimum Gasteiger partial charge on any atom is -0.467 e. The molecule has 0 radical (unpaired) electrons. The number of methoxy groups -OCH3 is 1. The highest BCUT2D eigenvalue weighted by molar-refractivity contribution is 5.99. The Bertz CT molecular complexity index is 604. The van der Waals surface area contributed by atoms with E-state index in [-0.39, 0.29) is 11.9 Å². The summed E-state index contributed by atoms with van der Waals surface area (Å²) < 4.78 is 4.97. The molecule has 2 heterocycles. The second-order valence-electron chi connectivity index (χ2n) is 6.24. The van der Waals surface area contributed by atoms with Crippen molar-refractivity contribution in [1.82, 2.24) is 4.90 Å². The van der Waals surface area contributed by atoms with E-state index in [2.05, 4.69) is 0 Å². The molecule has 0 aliphatic carbocycles. The van der Waals surface area contributed by atoms with Gasteiger partial charge in [-0.2, -0.15) is 0 Å². The van der Waals surface area contributed by atoms with Gasteiger partial charge in [0.1, 0.15) is 5.54 Å². The van der Waals surface area contributed by atoms with Gasteiger partial charge in [0.15, 0.2) is 0 Å². The zero-order valence-corrected chi connectivity index (χ0v) is 13.0. The summed E-state index contributed by atoms with van der Waals surface area (Å²) in [6, 6.07) is 8.68. The maximum atomic E-state index is 13.0. The molecule has 0 unspecified atom stereocenters. The number of amides is 1. The smallest absolute Gasteiger partial charge is 0.332 e. The SMILES string of the molecule is COC(=O)[C@]12CC[C@H](C[C@H]1[C@H](O)CO)N2C(=O)c1ccccc1. The summed E-state index contributed by atoms with van der Waals surface area (Å²) in [6.45, 7) is -0.441. The van der Waals surface area contributed by atoms with Crippen molar-refractivity contribution in [1.29, 1.82) is 0 Å². The van der Waals surface area contributed by atoms with Crippen LogP contribution in [0.25, 0.3) is 0 Å². The van der Waals surface area contributed by atoms with E-state index < -0.39 is 30.1 Å². The molecule has 0 spiro atoms. The van der Waals surface area contributed by atoms with E-state index in [0.717, 1.165) is 0 Å². The Hall–Kier alpha value is -1.92. The van der Waals surface area contributed by atoms with Crippen LogP contribution in [0.2, 0.25) is 0 Å². The predicted octanol–water partition coefficient (Wildman–Crippen LogP) is 0.576. The Morgan fingerprint density at radius 2 is 2.09 bits per heavy atom. The number of nitrogens with zero attached hydrogens (tertiary/aromatic N) is 1. The number of rotatable bonds is 4. The van der Waals surface area contributed by atoms with Crippen LogP contribution in [0.3, 0.4) is 0 Å². The van der Waals surface area contributed by atoms with Crippen LogP contribution >= 0.6 is 0 Å². The van der Waals surface area contributed by atoms with Gasteiger partial charge < -0.3 is 19.8 Å². The molecule has 1 aromatic rings. The second kappa shape index (κ2) is 5.94. The van der Waals surface area contributed by atoms with Gasteiger partial charge in [0.2, 0.25) is 0 Å². The number of hydrogen-bond acceptors (Lipinski definition) is 5. The van der Waals surface area contributed by atoms with E-state index >= 15 is 0 Å². The molecule has 0 aromatic heterocycles. The molecule has 1 aromatic carbocycles. The Balaban J connectivity index is 2.02. The maximum absolute atomic E-state index is 13.0. The van der Waals surface area contributed by atoms with Crippen LogP contribution in [-0.2, 0) is 9.53 Å². The van der Waals surface area contributed by atoms with Crippen molar-refractivity contribution in [3.8, 4) is 0 Å². The van der Waals surface area contributed by atoms with Gasteiger partial charge in [-0.1, -0.05) is 18.2 Å². The van der Waals surface area contributed by atoms with Gasteiger partial charge in [0.05, 0.1) is 19.8 Å². The first kappa shape index (κ1) is 16.0. The number of benzene rings is 1. The van der Waals surface area contributed by atoms with Crippen LogP contribution in [0.15, 0.2) is 30.3 Å². The lowest BCUT2D eigenvalue weighted by atomic mass is 9.74. The molecule has 23 heavy (non-hydrogen) atoms. The topological polar surface area (TPSA) is 87.1 Å². The van der Waals surface area contributed by atoms with Crippen molar-refractivity contribution in [3.05, 3.63) is 35.9 Å². The van der Waals surface area contributed by atoms with Crippen molar-refractivity contribution in [2.75, 3.05) is 13.7 Å². The molecule has 2 fully saturated rings. The van der Waals surface area contributed by atoms with Crippen LogP contribution in [0.5, 0.6) is 0 Å². The molecule has 2 saturated heterocycles. The summed E-state index contributed by atoms with van der Waals surface area (Å²) in [7, 11) is 1.29. The largest absolute Gasteiger partial charge is 0.467 e. The molecule has 0 saturated carbocycles. The van der Waals surface area contributed by atoms with E-state index in [1.54, 1.807) is 29.2 Å². The number of hydrogen-bond donors (Lipinski definition) is 2. The molecule has 4 atom stereocenters. The van der Waals surface area contributed by atoms with Crippen molar-refractivity contribution < 1.29 is 24.5 Å². The van der Waals surface area contributed by atoms with Gasteiger partial charge in [-0.05, 0) is 31.4 Å². The van der Waals surface area contributed by atoms with Crippen LogP contribution in [0.4, 0.5) is 0 Å². The molecule has 6 nitrogen and oxygen atoms in total. The van der Waals surface area contributed by atoms with Crippen LogP contribution < -0.4 is 0 Å². The zero-order chi connectivity index (χ0) is 16.6. The fourth-order valence-corrected chi connectivity index (χ4v) is 4.24. The average Bonchev–Trinajstić information content (AvgIpc) is 3.14. The van der Waals surface area contributed by atoms with Gasteiger partial charge in [0, 0.05) is 17.5 Å². The Kier molecular flexibility index (Phi) is 4.12. The summed E-state index contributed by atoms with van der Waals surface area (Å²) in [5.74, 6) is -1.25. The number of carbonyl (C=O) groups is 2. The summed E-state index contributed by atoms with van der Waals surface area (Å²) in [5.41, 5.74) is -0.680. The van der Waals surface area contributed by atoms with Crippen molar-refractivity contribution in [2.45, 2.75) is 36.9 Å². The molecule has 2 aliphatic heterocycles. The third-order valence-electron chi connectivity index (χ3n) is 5.22. The van der Waals surface area contributed by atoms with Gasteiger partial charge in [-0.25, -0.2) is 4.79 Å². The number of carbonyl (C=O) groups excluding carboxylic acids is 2. The first-order valence-electron chi connectivity index (χ1n) is 7.82. The number of ether oxygens (including phenoxy) is 1. The Morgan fingerprint density at radius 3 is 2.70 bits per heavy atom. The van der Waals surface area contributed by atoms with E-state index in [1.807, 2.05) is 6.07 Å². The van der Waals surface area contributed by atoms with Crippen molar-refractivity contribution >= 4 is 11.9 Å². The van der Waals surface area contributed by atoms with Crippen molar-refractivity contribution in [3.63, 3.8) is 0 Å². The Labute approximate surface area is 134 Å². The van der Waals surface area contributed by atoms with Gasteiger partial charge in [-0.3, -0.25) is 4.79 Å². The normalized spacial score (nSPS) is 30.3. The highest BCUT2D eigenvalue weighted by atomic mass is 16.5. The predicted molar refractivity (Wildman–Crippen MR) is 81.6 cm³/mol. The first-order valence-corrected chi connectivity index (χ1v) is 7.82. The first-order chi connectivity index (χ1) is 11.1. The number of aliphatic hydroxyl groups is 2. The number of fused-ring (bicyclic) bond motifs is 2. The minimum atomic E-state index is -1.19. The maximum Gasteiger partial charge on any atom is 0.332 e. The lowest BCUT2D eigenvalue weighted by Gasteiger charge is -2.38. The number of esters is 1. The van der Waals surface area contributed by atoms with E-state index in [1.165, 1.54) is 7.11 Å². The third-order valence-corrected chi connectivity index (χ3v) is 5.22. The average molecular weight is 319 g/mol. The van der Waals surface area contributed by atoms with Gasteiger partial charge >= 0.3 is 5.97 Å². The fraction of sp³-hybridized carbons (Fsp3) is 0.529. The summed E-state index contributed by atoms with van der Waals surface area (Å²) in [4.78, 5) is 27.1. The lowest BCUT2D eigenvalue weighted by molar-refractivity contribution is -0.156. The standard InChI is InChI=1S/C17H21NO5/c1-23-16(22)17-8-7-12(9-13(17)14(20)10-19)18(17)15(21)11-5-3-2-4-6-11/h2-6,12-14,19-20H,7-10H2,1H3/t12-,13+,14-,17+/m1/s1. The lowest BCUT2D eigenvalue weighted by Crippen LogP contribution is -2.57. The molecule has 2 N–H and O–H groups in total. The minimum absolute atomic E-state index is 0.118. The molecular weight excluding hydrogens is 298 g/mol. The van der Waals surface area contributed by atoms with Gasteiger partial charge in [0.25, 0.3) is 5.91 Å². The van der Waals surface area contributed by atoms with E-state index in [9.17, 15) is 19.8 Å². The monoisotopic (exact) mass is 319 g/mol. The van der Waals surface area contributed by atoms with E-state index in [4.69, 9.17) is 4.74 Å². The van der Waals surface area contributed by atoms with Gasteiger partial charge in [-0.15, -0.1) is 0 Å². The summed E-state index contributed by atoms with van der Waals surface area (Å²) in [5, 5.41) is 19.5. The molecule has 3 rings (SSSR count). The molecule has 1 amide bonds. The fourth-order valence-electron chi connectivity index (χ4n) is 4.24. The van der Waals surface area contributed by atoms with E-state index in [0.29, 0.717) is 24.8 Å². The van der Waals surface area contributed by atoms with Crippen LogP contribution in [0.1, 0.15) is 29.6 Å².